The van der Waals surface area contributed by atoms with Crippen LogP contribution >= 0.6 is 0 Å². The van der Waals surface area contributed by atoms with Crippen LogP contribution in [0.15, 0.2) is 84.9 Å². The van der Waals surface area contributed by atoms with E-state index < -0.39 is 12.1 Å². The van der Waals surface area contributed by atoms with Crippen molar-refractivity contribution in [1.82, 2.24) is 5.32 Å². The van der Waals surface area contributed by atoms with E-state index in [1.807, 2.05) is 72.8 Å². The summed E-state index contributed by atoms with van der Waals surface area (Å²) < 4.78 is 0. The maximum absolute atomic E-state index is 12.9. The Morgan fingerprint density at radius 1 is 0.724 bits per heavy atom. The fraction of sp³-hybridized carbons (Fsp3) is 0.167. The number of aryl methyl sites for hydroxylation is 1. The number of rotatable bonds is 7. The number of hydrogen-bond acceptors (Lipinski definition) is 2. The molecule has 3 N–H and O–H groups in total. The van der Waals surface area contributed by atoms with Crippen molar-refractivity contribution in [3.63, 3.8) is 0 Å². The van der Waals surface area contributed by atoms with E-state index >= 15 is 0 Å². The summed E-state index contributed by atoms with van der Waals surface area (Å²) in [6, 6.07) is 25.3. The van der Waals surface area contributed by atoms with Crippen LogP contribution in [0.25, 0.3) is 0 Å². The van der Waals surface area contributed by atoms with Crippen LogP contribution in [-0.2, 0) is 17.6 Å². The van der Waals surface area contributed by atoms with Gasteiger partial charge >= 0.3 is 6.03 Å². The monoisotopic (exact) mass is 387 g/mol. The van der Waals surface area contributed by atoms with Gasteiger partial charge in [0.05, 0.1) is 0 Å². The van der Waals surface area contributed by atoms with Crippen LogP contribution in [0.4, 0.5) is 16.2 Å². The maximum atomic E-state index is 12.9. The van der Waals surface area contributed by atoms with Crippen molar-refractivity contribution in [2.24, 2.45) is 0 Å². The smallest absolute Gasteiger partial charge is 0.319 e. The molecule has 0 aromatic heterocycles. The van der Waals surface area contributed by atoms with E-state index in [0.717, 1.165) is 12.0 Å². The van der Waals surface area contributed by atoms with Gasteiger partial charge in [0.2, 0.25) is 5.91 Å². The van der Waals surface area contributed by atoms with Gasteiger partial charge in [-0.25, -0.2) is 4.79 Å². The number of carbonyl (C=O) groups excluding carboxylic acids is 2. The van der Waals surface area contributed by atoms with Crippen LogP contribution in [-0.4, -0.2) is 18.0 Å². The Morgan fingerprint density at radius 3 is 1.93 bits per heavy atom. The Balaban J connectivity index is 1.70. The van der Waals surface area contributed by atoms with Crippen LogP contribution in [0.2, 0.25) is 0 Å². The number of amides is 3. The van der Waals surface area contributed by atoms with Gasteiger partial charge in [-0.1, -0.05) is 67.6 Å². The van der Waals surface area contributed by atoms with Crippen molar-refractivity contribution in [1.29, 1.82) is 0 Å². The molecule has 29 heavy (non-hydrogen) atoms. The number of carbonyl (C=O) groups is 2. The topological polar surface area (TPSA) is 70.2 Å². The second-order valence-corrected chi connectivity index (χ2v) is 6.75. The SMILES string of the molecule is CCc1ccc(NC(=O)C(Cc2ccccc2)NC(=O)Nc2ccccc2)cc1. The van der Waals surface area contributed by atoms with E-state index in [1.165, 1.54) is 5.56 Å². The lowest BCUT2D eigenvalue weighted by molar-refractivity contribution is -0.117. The van der Waals surface area contributed by atoms with E-state index in [-0.39, 0.29) is 5.91 Å². The Labute approximate surface area is 171 Å². The number of benzene rings is 3. The van der Waals surface area contributed by atoms with Crippen molar-refractivity contribution >= 4 is 23.3 Å². The highest BCUT2D eigenvalue weighted by atomic mass is 16.2. The van der Waals surface area contributed by atoms with Gasteiger partial charge in [0.1, 0.15) is 6.04 Å². The average molecular weight is 387 g/mol. The molecule has 0 fully saturated rings. The van der Waals surface area contributed by atoms with Crippen LogP contribution in [0.5, 0.6) is 0 Å². The molecule has 3 aromatic rings. The highest BCUT2D eigenvalue weighted by molar-refractivity contribution is 5.99. The summed E-state index contributed by atoms with van der Waals surface area (Å²) in [5.74, 6) is -0.263. The summed E-state index contributed by atoms with van der Waals surface area (Å²) in [5.41, 5.74) is 3.53. The minimum Gasteiger partial charge on any atom is -0.326 e. The molecule has 0 aliphatic carbocycles. The molecular weight excluding hydrogens is 362 g/mol. The summed E-state index contributed by atoms with van der Waals surface area (Å²) in [7, 11) is 0. The molecule has 5 nitrogen and oxygen atoms in total. The van der Waals surface area contributed by atoms with Crippen LogP contribution in [0, 0.1) is 0 Å². The highest BCUT2D eigenvalue weighted by Gasteiger charge is 2.21. The van der Waals surface area contributed by atoms with Gasteiger partial charge < -0.3 is 16.0 Å². The van der Waals surface area contributed by atoms with Crippen molar-refractivity contribution in [3.05, 3.63) is 96.1 Å². The van der Waals surface area contributed by atoms with E-state index in [9.17, 15) is 9.59 Å². The van der Waals surface area contributed by atoms with Crippen molar-refractivity contribution in [3.8, 4) is 0 Å². The Kier molecular flexibility index (Phi) is 7.00. The van der Waals surface area contributed by atoms with Gasteiger partial charge in [0.15, 0.2) is 0 Å². The largest absolute Gasteiger partial charge is 0.326 e. The van der Waals surface area contributed by atoms with Crippen molar-refractivity contribution < 1.29 is 9.59 Å². The third kappa shape index (κ3) is 6.21. The summed E-state index contributed by atoms with van der Waals surface area (Å²) in [5, 5.41) is 8.46. The van der Waals surface area contributed by atoms with E-state index in [2.05, 4.69) is 22.9 Å². The predicted molar refractivity (Wildman–Crippen MR) is 117 cm³/mol. The second-order valence-electron chi connectivity index (χ2n) is 6.75. The summed E-state index contributed by atoms with van der Waals surface area (Å²) in [6.07, 6.45) is 1.33. The number of hydrogen-bond donors (Lipinski definition) is 3. The first-order chi connectivity index (χ1) is 14.1. The van der Waals surface area contributed by atoms with Crippen LogP contribution < -0.4 is 16.0 Å². The van der Waals surface area contributed by atoms with E-state index in [4.69, 9.17) is 0 Å². The number of nitrogens with one attached hydrogen (secondary N) is 3. The maximum Gasteiger partial charge on any atom is 0.319 e. The van der Waals surface area contributed by atoms with Crippen LogP contribution in [0.1, 0.15) is 18.1 Å². The molecule has 0 aliphatic heterocycles. The third-order valence-electron chi connectivity index (χ3n) is 4.57. The van der Waals surface area contributed by atoms with Crippen molar-refractivity contribution in [2.45, 2.75) is 25.8 Å². The Bertz CT molecular complexity index is 925. The third-order valence-corrected chi connectivity index (χ3v) is 4.57. The molecule has 148 valence electrons. The standard InChI is InChI=1S/C24H25N3O2/c1-2-18-13-15-21(16-14-18)25-23(28)22(17-19-9-5-3-6-10-19)27-24(29)26-20-11-7-4-8-12-20/h3-16,22H,2,17H2,1H3,(H,25,28)(H2,26,27,29). The zero-order valence-corrected chi connectivity index (χ0v) is 16.4. The van der Waals surface area contributed by atoms with Gasteiger partial charge in [0, 0.05) is 17.8 Å². The van der Waals surface area contributed by atoms with Gasteiger partial charge in [-0.2, -0.15) is 0 Å². The van der Waals surface area contributed by atoms with Crippen LogP contribution in [0.3, 0.4) is 0 Å². The average Bonchev–Trinajstić information content (AvgIpc) is 2.75. The molecule has 0 saturated heterocycles. The summed E-state index contributed by atoms with van der Waals surface area (Å²) >= 11 is 0. The molecule has 0 heterocycles. The first kappa shape index (κ1) is 20.1. The first-order valence-corrected chi connectivity index (χ1v) is 9.70. The molecule has 0 aliphatic rings. The minimum atomic E-state index is -0.716. The summed E-state index contributed by atoms with van der Waals surface area (Å²) in [4.78, 5) is 25.4. The zero-order chi connectivity index (χ0) is 20.5. The Morgan fingerprint density at radius 2 is 1.31 bits per heavy atom. The number of urea groups is 1. The first-order valence-electron chi connectivity index (χ1n) is 9.70. The van der Waals surface area contributed by atoms with Gasteiger partial charge in [0.25, 0.3) is 0 Å². The van der Waals surface area contributed by atoms with E-state index in [1.54, 1.807) is 12.1 Å². The molecule has 1 unspecified atom stereocenters. The molecule has 3 aromatic carbocycles. The predicted octanol–water partition coefficient (Wildman–Crippen LogP) is 4.62. The lowest BCUT2D eigenvalue weighted by Crippen LogP contribution is -2.46. The van der Waals surface area contributed by atoms with Gasteiger partial charge in [-0.15, -0.1) is 0 Å². The second kappa shape index (κ2) is 10.1. The molecule has 3 rings (SSSR count). The minimum absolute atomic E-state index is 0.263. The normalized spacial score (nSPS) is 11.3. The molecule has 3 amide bonds. The number of anilines is 2. The van der Waals surface area contributed by atoms with Gasteiger partial charge in [-0.3, -0.25) is 4.79 Å². The van der Waals surface area contributed by atoms with Gasteiger partial charge in [-0.05, 0) is 41.8 Å². The fourth-order valence-corrected chi connectivity index (χ4v) is 2.96. The molecule has 5 heteroatoms. The highest BCUT2D eigenvalue weighted by Crippen LogP contribution is 2.12. The molecule has 0 bridgehead atoms. The Hall–Kier alpha value is -3.60. The lowest BCUT2D eigenvalue weighted by Gasteiger charge is -2.19. The molecule has 0 radical (unpaired) electrons. The fourth-order valence-electron chi connectivity index (χ4n) is 2.96. The molecular formula is C24H25N3O2. The zero-order valence-electron chi connectivity index (χ0n) is 16.4. The van der Waals surface area contributed by atoms with Crippen molar-refractivity contribution in [2.75, 3.05) is 10.6 Å². The van der Waals surface area contributed by atoms with E-state index in [0.29, 0.717) is 17.8 Å². The number of para-hydroxylation sites is 1. The summed E-state index contributed by atoms with van der Waals surface area (Å²) in [6.45, 7) is 2.08. The quantitative estimate of drug-likeness (QED) is 0.554. The molecule has 0 saturated carbocycles. The lowest BCUT2D eigenvalue weighted by atomic mass is 10.1. The molecule has 1 atom stereocenters. The molecule has 0 spiro atoms.